The molecule has 0 radical (unpaired) electrons. The smallest absolute Gasteiger partial charge is 0.328 e. The summed E-state index contributed by atoms with van der Waals surface area (Å²) >= 11 is 0. The Morgan fingerprint density at radius 2 is 2.14 bits per heavy atom. The molecule has 0 saturated heterocycles. The van der Waals surface area contributed by atoms with Gasteiger partial charge in [-0.3, -0.25) is 4.79 Å². The van der Waals surface area contributed by atoms with Crippen LogP contribution in [0.1, 0.15) is 62.1 Å². The average molecular weight is 293 g/mol. The highest BCUT2D eigenvalue weighted by molar-refractivity contribution is 5.97. The Labute approximate surface area is 125 Å². The normalized spacial score (nSPS) is 15.6. The van der Waals surface area contributed by atoms with Crippen LogP contribution in [0.3, 0.4) is 0 Å². The van der Waals surface area contributed by atoms with Crippen LogP contribution in [0.4, 0.5) is 0 Å². The van der Waals surface area contributed by atoms with Gasteiger partial charge in [0, 0.05) is 12.5 Å². The van der Waals surface area contributed by atoms with E-state index in [4.69, 9.17) is 9.15 Å². The zero-order valence-corrected chi connectivity index (χ0v) is 12.9. The molecule has 2 rings (SSSR count). The first-order chi connectivity index (χ1) is 10.1. The van der Waals surface area contributed by atoms with Crippen LogP contribution < -0.4 is 0 Å². The number of rotatable bonds is 7. The molecule has 0 N–H and O–H groups in total. The Bertz CT molecular complexity index is 504. The molecule has 1 heterocycles. The largest absolute Gasteiger partial charge is 0.468 e. The highest BCUT2D eigenvalue weighted by atomic mass is 16.5. The lowest BCUT2D eigenvalue weighted by molar-refractivity contribution is -0.147. The molecule has 0 spiro atoms. The molecule has 0 aliphatic heterocycles. The number of ether oxygens (including phenoxy) is 1. The summed E-state index contributed by atoms with van der Waals surface area (Å²) in [7, 11) is 0. The van der Waals surface area contributed by atoms with E-state index in [0.29, 0.717) is 24.6 Å². The van der Waals surface area contributed by atoms with Gasteiger partial charge in [-0.15, -0.1) is 0 Å². The van der Waals surface area contributed by atoms with Gasteiger partial charge in [0.1, 0.15) is 11.8 Å². The first-order valence-corrected chi connectivity index (χ1v) is 7.65. The van der Waals surface area contributed by atoms with Gasteiger partial charge in [0.15, 0.2) is 0 Å². The van der Waals surface area contributed by atoms with Crippen LogP contribution in [-0.2, 0) is 9.53 Å². The molecule has 21 heavy (non-hydrogen) atoms. The minimum absolute atomic E-state index is 0.145. The van der Waals surface area contributed by atoms with Crippen molar-refractivity contribution in [3.8, 4) is 0 Å². The molecule has 1 fully saturated rings. The number of carbonyl (C=O) groups is 2. The van der Waals surface area contributed by atoms with Crippen molar-refractivity contribution < 1.29 is 18.7 Å². The highest BCUT2D eigenvalue weighted by Gasteiger charge is 2.34. The average Bonchev–Trinajstić information content (AvgIpc) is 3.20. The summed E-state index contributed by atoms with van der Waals surface area (Å²) in [5.74, 6) is 0.612. The number of nitrogens with zero attached hydrogens (tertiary/aromatic N) is 1. The number of carbonyl (C=O) groups excluding carboxylic acids is 2. The van der Waals surface area contributed by atoms with Gasteiger partial charge in [0.2, 0.25) is 0 Å². The molecule has 1 aliphatic rings. The molecule has 1 unspecified atom stereocenters. The lowest BCUT2D eigenvalue weighted by Crippen LogP contribution is -2.44. The number of furan rings is 1. The maximum absolute atomic E-state index is 12.8. The fraction of sp³-hybridized carbons (Fsp3) is 0.625. The van der Waals surface area contributed by atoms with Crippen LogP contribution in [0, 0.1) is 0 Å². The number of esters is 1. The highest BCUT2D eigenvalue weighted by Crippen LogP contribution is 2.42. The first kappa shape index (κ1) is 15.6. The second kappa shape index (κ2) is 6.78. The predicted octanol–water partition coefficient (Wildman–Crippen LogP) is 2.96. The summed E-state index contributed by atoms with van der Waals surface area (Å²) in [6.07, 6.45) is 4.47. The number of hydrogen-bond acceptors (Lipinski definition) is 4. The number of amides is 1. The SMILES string of the molecule is CCCN(C(=O)c1ccoc1C1CC1)C(C)C(=O)OCC. The van der Waals surface area contributed by atoms with Gasteiger partial charge in [0.05, 0.1) is 18.4 Å². The summed E-state index contributed by atoms with van der Waals surface area (Å²) in [6, 6.07) is 1.12. The van der Waals surface area contributed by atoms with Gasteiger partial charge >= 0.3 is 5.97 Å². The van der Waals surface area contributed by atoms with Crippen molar-refractivity contribution in [1.29, 1.82) is 0 Å². The lowest BCUT2D eigenvalue weighted by Gasteiger charge is -2.27. The van der Waals surface area contributed by atoms with Crippen LogP contribution in [0.15, 0.2) is 16.7 Å². The molecular weight excluding hydrogens is 270 g/mol. The third-order valence-corrected chi connectivity index (χ3v) is 3.69. The molecule has 1 aromatic heterocycles. The van der Waals surface area contributed by atoms with E-state index in [-0.39, 0.29) is 11.9 Å². The summed E-state index contributed by atoms with van der Waals surface area (Å²) in [6.45, 7) is 6.29. The van der Waals surface area contributed by atoms with Crippen molar-refractivity contribution in [1.82, 2.24) is 4.90 Å². The van der Waals surface area contributed by atoms with Crippen LogP contribution in [-0.4, -0.2) is 36.0 Å². The Balaban J connectivity index is 2.18. The van der Waals surface area contributed by atoms with Crippen LogP contribution in [0.5, 0.6) is 0 Å². The van der Waals surface area contributed by atoms with Crippen molar-refractivity contribution in [3.05, 3.63) is 23.7 Å². The molecule has 1 atom stereocenters. The zero-order chi connectivity index (χ0) is 15.4. The molecule has 1 aromatic rings. The molecule has 0 aromatic carbocycles. The van der Waals surface area contributed by atoms with Crippen LogP contribution in [0.25, 0.3) is 0 Å². The maximum atomic E-state index is 12.8. The van der Waals surface area contributed by atoms with Gasteiger partial charge in [0.25, 0.3) is 5.91 Å². The quantitative estimate of drug-likeness (QED) is 0.725. The van der Waals surface area contributed by atoms with Crippen LogP contribution in [0.2, 0.25) is 0 Å². The molecule has 5 heteroatoms. The van der Waals surface area contributed by atoms with Gasteiger partial charge in [-0.2, -0.15) is 0 Å². The molecule has 1 amide bonds. The summed E-state index contributed by atoms with van der Waals surface area (Å²) in [5.41, 5.74) is 0.585. The molecular formula is C16H23NO4. The second-order valence-corrected chi connectivity index (χ2v) is 5.40. The number of hydrogen-bond donors (Lipinski definition) is 0. The zero-order valence-electron chi connectivity index (χ0n) is 12.9. The third-order valence-electron chi connectivity index (χ3n) is 3.69. The topological polar surface area (TPSA) is 59.8 Å². The Morgan fingerprint density at radius 1 is 1.43 bits per heavy atom. The fourth-order valence-electron chi connectivity index (χ4n) is 2.42. The second-order valence-electron chi connectivity index (χ2n) is 5.40. The lowest BCUT2D eigenvalue weighted by atomic mass is 10.1. The van der Waals surface area contributed by atoms with Gasteiger partial charge in [-0.25, -0.2) is 4.79 Å². The molecule has 116 valence electrons. The first-order valence-electron chi connectivity index (χ1n) is 7.65. The van der Waals surface area contributed by atoms with E-state index in [1.165, 1.54) is 0 Å². The van der Waals surface area contributed by atoms with E-state index in [1.54, 1.807) is 31.1 Å². The Hall–Kier alpha value is -1.78. The van der Waals surface area contributed by atoms with E-state index >= 15 is 0 Å². The van der Waals surface area contributed by atoms with E-state index in [9.17, 15) is 9.59 Å². The van der Waals surface area contributed by atoms with Crippen molar-refractivity contribution in [3.63, 3.8) is 0 Å². The summed E-state index contributed by atoms with van der Waals surface area (Å²) in [4.78, 5) is 26.3. The van der Waals surface area contributed by atoms with Crippen LogP contribution >= 0.6 is 0 Å². The van der Waals surface area contributed by atoms with Gasteiger partial charge in [-0.1, -0.05) is 6.92 Å². The third kappa shape index (κ3) is 3.46. The molecule has 0 bridgehead atoms. The molecule has 5 nitrogen and oxygen atoms in total. The van der Waals surface area contributed by atoms with Crippen molar-refractivity contribution in [2.45, 2.75) is 52.0 Å². The Morgan fingerprint density at radius 3 is 2.71 bits per heavy atom. The molecule has 1 aliphatic carbocycles. The predicted molar refractivity (Wildman–Crippen MR) is 78.1 cm³/mol. The summed E-state index contributed by atoms with van der Waals surface area (Å²) in [5, 5.41) is 0. The van der Waals surface area contributed by atoms with E-state index in [1.807, 2.05) is 6.92 Å². The molecule has 1 saturated carbocycles. The van der Waals surface area contributed by atoms with Gasteiger partial charge < -0.3 is 14.1 Å². The van der Waals surface area contributed by atoms with Crippen molar-refractivity contribution in [2.24, 2.45) is 0 Å². The fourth-order valence-corrected chi connectivity index (χ4v) is 2.42. The van der Waals surface area contributed by atoms with Crippen molar-refractivity contribution >= 4 is 11.9 Å². The standard InChI is InChI=1S/C16H23NO4/c1-4-9-17(11(3)16(19)20-5-2)15(18)13-8-10-21-14(13)12-6-7-12/h8,10-12H,4-7,9H2,1-3H3. The Kier molecular flexibility index (Phi) is 5.04. The van der Waals surface area contributed by atoms with Crippen molar-refractivity contribution in [2.75, 3.05) is 13.2 Å². The van der Waals surface area contributed by atoms with E-state index < -0.39 is 6.04 Å². The minimum atomic E-state index is -0.584. The van der Waals surface area contributed by atoms with E-state index in [0.717, 1.165) is 25.0 Å². The van der Waals surface area contributed by atoms with E-state index in [2.05, 4.69) is 0 Å². The van der Waals surface area contributed by atoms with Gasteiger partial charge in [-0.05, 0) is 39.2 Å². The maximum Gasteiger partial charge on any atom is 0.328 e. The monoisotopic (exact) mass is 293 g/mol. The minimum Gasteiger partial charge on any atom is -0.468 e. The summed E-state index contributed by atoms with van der Waals surface area (Å²) < 4.78 is 10.5.